The summed E-state index contributed by atoms with van der Waals surface area (Å²) in [5.41, 5.74) is 7.30. The molecule has 20 heavy (non-hydrogen) atoms. The number of anilines is 1. The van der Waals surface area contributed by atoms with E-state index in [2.05, 4.69) is 14.7 Å². The number of aromatic nitrogens is 2. The minimum absolute atomic E-state index is 0.0108. The lowest BCUT2D eigenvalue weighted by Crippen LogP contribution is -2.26. The minimum Gasteiger partial charge on any atom is -0.409 e. The Kier molecular flexibility index (Phi) is 3.94. The predicted molar refractivity (Wildman–Crippen MR) is 76.3 cm³/mol. The molecule has 1 amide bonds. The first-order valence-corrected chi connectivity index (χ1v) is 6.47. The van der Waals surface area contributed by atoms with Crippen molar-refractivity contribution in [3.8, 4) is 0 Å². The minimum atomic E-state index is -0.200. The number of nitrogens with two attached hydrogens (primary N) is 1. The number of aryl methyl sites for hydroxylation is 1. The molecule has 1 heterocycles. The fraction of sp³-hybridized carbons (Fsp3) is 0.167. The average molecular weight is 291 g/mol. The number of nitrogens with zero attached hydrogens (tertiary/aromatic N) is 4. The van der Waals surface area contributed by atoms with E-state index in [1.54, 1.807) is 38.2 Å². The topological polar surface area (TPSA) is 105 Å². The van der Waals surface area contributed by atoms with E-state index in [-0.39, 0.29) is 11.7 Å². The fourth-order valence-electron chi connectivity index (χ4n) is 1.63. The van der Waals surface area contributed by atoms with Crippen LogP contribution in [0, 0.1) is 6.92 Å². The van der Waals surface area contributed by atoms with Crippen LogP contribution in [0.5, 0.6) is 0 Å². The number of hydrogen-bond acceptors (Lipinski definition) is 6. The predicted octanol–water partition coefficient (Wildman–Crippen LogP) is 1.22. The zero-order chi connectivity index (χ0) is 14.7. The molecule has 1 aromatic carbocycles. The molecule has 0 saturated carbocycles. The highest BCUT2D eigenvalue weighted by Gasteiger charge is 2.19. The summed E-state index contributed by atoms with van der Waals surface area (Å²) >= 11 is 1.05. The number of amidine groups is 1. The van der Waals surface area contributed by atoms with E-state index in [0.717, 1.165) is 11.5 Å². The molecule has 7 nitrogen and oxygen atoms in total. The molecular formula is C12H13N5O2S. The second-order valence-electron chi connectivity index (χ2n) is 4.09. The third-order valence-corrected chi connectivity index (χ3v) is 3.60. The van der Waals surface area contributed by atoms with Crippen molar-refractivity contribution in [1.29, 1.82) is 0 Å². The fourth-order valence-corrected chi connectivity index (χ4v) is 2.26. The number of carbonyl (C=O) groups excluding carboxylic acids is 1. The van der Waals surface area contributed by atoms with E-state index in [1.165, 1.54) is 4.90 Å². The molecule has 0 aliphatic heterocycles. The van der Waals surface area contributed by atoms with Gasteiger partial charge in [-0.25, -0.2) is 0 Å². The van der Waals surface area contributed by atoms with Crippen LogP contribution >= 0.6 is 11.5 Å². The van der Waals surface area contributed by atoms with Crippen LogP contribution in [0.4, 0.5) is 5.69 Å². The van der Waals surface area contributed by atoms with E-state index >= 15 is 0 Å². The molecule has 0 bridgehead atoms. The van der Waals surface area contributed by atoms with Gasteiger partial charge in [-0.05, 0) is 30.6 Å². The van der Waals surface area contributed by atoms with Gasteiger partial charge in [0.2, 0.25) is 0 Å². The summed E-state index contributed by atoms with van der Waals surface area (Å²) in [5, 5.41) is 15.4. The van der Waals surface area contributed by atoms with Gasteiger partial charge in [0, 0.05) is 18.3 Å². The number of oxime groups is 1. The smallest absolute Gasteiger partial charge is 0.271 e. The zero-order valence-corrected chi connectivity index (χ0v) is 11.8. The Morgan fingerprint density at radius 2 is 2.25 bits per heavy atom. The Morgan fingerprint density at radius 3 is 2.85 bits per heavy atom. The molecule has 0 aliphatic carbocycles. The maximum atomic E-state index is 12.3. The lowest BCUT2D eigenvalue weighted by atomic mass is 10.1. The monoisotopic (exact) mass is 291 g/mol. The lowest BCUT2D eigenvalue weighted by Gasteiger charge is -2.17. The number of amides is 1. The maximum Gasteiger partial charge on any atom is 0.271 e. The summed E-state index contributed by atoms with van der Waals surface area (Å²) < 4.78 is 3.75. The summed E-state index contributed by atoms with van der Waals surface area (Å²) in [6.07, 6.45) is 0. The third-order valence-electron chi connectivity index (χ3n) is 2.79. The van der Waals surface area contributed by atoms with Crippen molar-refractivity contribution in [1.82, 2.24) is 9.59 Å². The normalized spacial score (nSPS) is 11.4. The first-order valence-electron chi connectivity index (χ1n) is 5.69. The molecule has 2 rings (SSSR count). The van der Waals surface area contributed by atoms with Gasteiger partial charge < -0.3 is 15.8 Å². The van der Waals surface area contributed by atoms with Gasteiger partial charge >= 0.3 is 0 Å². The maximum absolute atomic E-state index is 12.3. The van der Waals surface area contributed by atoms with Crippen molar-refractivity contribution >= 4 is 29.0 Å². The van der Waals surface area contributed by atoms with Crippen molar-refractivity contribution in [2.45, 2.75) is 6.92 Å². The Hall–Kier alpha value is -2.48. The van der Waals surface area contributed by atoms with Gasteiger partial charge in [0.25, 0.3) is 5.91 Å². The highest BCUT2D eigenvalue weighted by molar-refractivity contribution is 7.08. The number of hydrogen-bond donors (Lipinski definition) is 2. The summed E-state index contributed by atoms with van der Waals surface area (Å²) in [4.78, 5) is 14.3. The molecule has 0 spiro atoms. The molecule has 0 atom stereocenters. The summed E-state index contributed by atoms with van der Waals surface area (Å²) in [6, 6.07) is 6.84. The second-order valence-corrected chi connectivity index (χ2v) is 4.84. The molecule has 0 saturated heterocycles. The molecule has 8 heteroatoms. The molecular weight excluding hydrogens is 278 g/mol. The summed E-state index contributed by atoms with van der Waals surface area (Å²) in [5.74, 6) is -0.211. The molecule has 2 aromatic rings. The standard InChI is InChI=1S/C12H13N5O2S/c1-7-10(20-16-14-7)12(18)17(2)9-5-3-4-8(6-9)11(13)15-19/h3-6,19H,1-2H3,(H2,13,15). The highest BCUT2D eigenvalue weighted by atomic mass is 32.1. The number of rotatable bonds is 3. The molecule has 0 aliphatic rings. The summed E-state index contributed by atoms with van der Waals surface area (Å²) in [7, 11) is 1.65. The summed E-state index contributed by atoms with van der Waals surface area (Å²) in [6.45, 7) is 1.73. The van der Waals surface area contributed by atoms with Crippen LogP contribution in [-0.2, 0) is 0 Å². The largest absolute Gasteiger partial charge is 0.409 e. The van der Waals surface area contributed by atoms with E-state index in [1.807, 2.05) is 0 Å². The SMILES string of the molecule is Cc1nnsc1C(=O)N(C)c1cccc(C(N)=NO)c1. The van der Waals surface area contributed by atoms with Gasteiger partial charge in [-0.15, -0.1) is 5.10 Å². The van der Waals surface area contributed by atoms with Gasteiger partial charge in [0.1, 0.15) is 4.88 Å². The van der Waals surface area contributed by atoms with E-state index in [4.69, 9.17) is 10.9 Å². The third kappa shape index (κ3) is 2.59. The van der Waals surface area contributed by atoms with Crippen molar-refractivity contribution in [3.05, 3.63) is 40.4 Å². The van der Waals surface area contributed by atoms with Crippen molar-refractivity contribution in [2.75, 3.05) is 11.9 Å². The Labute approximate surface area is 119 Å². The van der Waals surface area contributed by atoms with Crippen LogP contribution in [0.1, 0.15) is 20.9 Å². The van der Waals surface area contributed by atoms with Gasteiger partial charge in [-0.1, -0.05) is 21.8 Å². The van der Waals surface area contributed by atoms with Gasteiger partial charge in [0.05, 0.1) is 5.69 Å². The number of benzene rings is 1. The zero-order valence-electron chi connectivity index (χ0n) is 10.9. The van der Waals surface area contributed by atoms with Crippen LogP contribution in [0.2, 0.25) is 0 Å². The van der Waals surface area contributed by atoms with E-state index < -0.39 is 0 Å². The first kappa shape index (κ1) is 13.9. The van der Waals surface area contributed by atoms with Crippen molar-refractivity contribution in [3.63, 3.8) is 0 Å². The molecule has 0 radical (unpaired) electrons. The van der Waals surface area contributed by atoms with Crippen LogP contribution in [0.3, 0.4) is 0 Å². The van der Waals surface area contributed by atoms with Gasteiger partial charge in [-0.2, -0.15) is 0 Å². The molecule has 0 fully saturated rings. The van der Waals surface area contributed by atoms with Crippen LogP contribution in [0.25, 0.3) is 0 Å². The number of carbonyl (C=O) groups is 1. The van der Waals surface area contributed by atoms with Crippen LogP contribution in [-0.4, -0.2) is 33.6 Å². The first-order chi connectivity index (χ1) is 9.54. The van der Waals surface area contributed by atoms with Gasteiger partial charge in [-0.3, -0.25) is 4.79 Å². The van der Waals surface area contributed by atoms with E-state index in [9.17, 15) is 4.79 Å². The molecule has 3 N–H and O–H groups in total. The van der Waals surface area contributed by atoms with Crippen molar-refractivity contribution < 1.29 is 10.0 Å². The second kappa shape index (κ2) is 5.66. The van der Waals surface area contributed by atoms with Crippen LogP contribution < -0.4 is 10.6 Å². The Balaban J connectivity index is 2.32. The Bertz CT molecular complexity index is 667. The lowest BCUT2D eigenvalue weighted by molar-refractivity contribution is 0.0996. The highest BCUT2D eigenvalue weighted by Crippen LogP contribution is 2.19. The Morgan fingerprint density at radius 1 is 1.50 bits per heavy atom. The van der Waals surface area contributed by atoms with Crippen LogP contribution in [0.15, 0.2) is 29.4 Å². The molecule has 0 unspecified atom stereocenters. The molecule has 104 valence electrons. The van der Waals surface area contributed by atoms with E-state index in [0.29, 0.717) is 21.8 Å². The quantitative estimate of drug-likeness (QED) is 0.383. The molecule has 1 aromatic heterocycles. The van der Waals surface area contributed by atoms with Crippen molar-refractivity contribution in [2.24, 2.45) is 10.9 Å². The van der Waals surface area contributed by atoms with Gasteiger partial charge in [0.15, 0.2) is 5.84 Å². The average Bonchev–Trinajstić information content (AvgIpc) is 2.91.